The Morgan fingerprint density at radius 3 is 1.94 bits per heavy atom. The van der Waals surface area contributed by atoms with E-state index in [9.17, 15) is 4.79 Å². The molecule has 3 nitrogen and oxygen atoms in total. The van der Waals surface area contributed by atoms with Crippen LogP contribution in [-0.4, -0.2) is 48.9 Å². The molecule has 0 saturated heterocycles. The Morgan fingerprint density at radius 1 is 0.882 bits per heavy atom. The molecule has 1 saturated carbocycles. The van der Waals surface area contributed by atoms with E-state index in [2.05, 4.69) is 48.2 Å². The molecule has 1 fully saturated rings. The highest BCUT2D eigenvalue weighted by molar-refractivity contribution is 6.30. The average Bonchev–Trinajstić information content (AvgIpc) is 3.66. The van der Waals surface area contributed by atoms with Crippen LogP contribution < -0.4 is 0 Å². The van der Waals surface area contributed by atoms with Gasteiger partial charge in [-0.3, -0.25) is 9.69 Å². The second kappa shape index (κ2) is 10.8. The second-order valence-corrected chi connectivity index (χ2v) is 10.0. The number of rotatable bonds is 10. The molecule has 1 aliphatic carbocycles. The van der Waals surface area contributed by atoms with Crippen LogP contribution in [0.15, 0.2) is 84.9 Å². The van der Waals surface area contributed by atoms with Gasteiger partial charge in [-0.1, -0.05) is 91.3 Å². The molecule has 1 aliphatic rings. The van der Waals surface area contributed by atoms with Crippen LogP contribution in [0.4, 0.5) is 0 Å². The molecular weight excluding hydrogens is 440 g/mol. The normalized spacial score (nSPS) is 17.6. The van der Waals surface area contributed by atoms with Crippen LogP contribution in [-0.2, 0) is 10.2 Å². The highest BCUT2D eigenvalue weighted by Gasteiger charge is 2.46. The number of hydrogen-bond donors (Lipinski definition) is 0. The lowest BCUT2D eigenvalue weighted by Crippen LogP contribution is -2.47. The average molecular weight is 475 g/mol. The first kappa shape index (κ1) is 24.5. The number of benzene rings is 3. The van der Waals surface area contributed by atoms with Crippen molar-refractivity contribution >= 4 is 17.5 Å². The van der Waals surface area contributed by atoms with E-state index in [4.69, 9.17) is 11.6 Å². The standard InChI is InChI=1S/C30H35ClN2O/c1-4-20-33(28-22-27(28)23-15-17-26(31)18-16-23)21-19-30(29(34)32(2)3,24-11-7-5-8-12-24)25-13-9-6-10-14-25/h5-18,27-28H,4,19-22H2,1-3H3/t27-,28+/m0/s1. The summed E-state index contributed by atoms with van der Waals surface area (Å²) in [5.74, 6) is 0.669. The smallest absolute Gasteiger partial charge is 0.237 e. The molecule has 3 aromatic rings. The van der Waals surface area contributed by atoms with Crippen molar-refractivity contribution in [3.63, 3.8) is 0 Å². The van der Waals surface area contributed by atoms with Gasteiger partial charge in [0.2, 0.25) is 5.91 Å². The Balaban J connectivity index is 1.65. The minimum atomic E-state index is -0.720. The Hall–Kier alpha value is -2.62. The summed E-state index contributed by atoms with van der Waals surface area (Å²) in [7, 11) is 3.73. The monoisotopic (exact) mass is 474 g/mol. The molecule has 34 heavy (non-hydrogen) atoms. The van der Waals surface area contributed by atoms with Gasteiger partial charge >= 0.3 is 0 Å². The predicted molar refractivity (Wildman–Crippen MR) is 141 cm³/mol. The number of likely N-dealkylation sites (N-methyl/N-ethyl adjacent to an activating group) is 1. The summed E-state index contributed by atoms with van der Waals surface area (Å²) in [6.45, 7) is 4.13. The van der Waals surface area contributed by atoms with Crippen LogP contribution in [0.25, 0.3) is 0 Å². The molecule has 0 heterocycles. The zero-order valence-electron chi connectivity index (χ0n) is 20.5. The fraction of sp³-hybridized carbons (Fsp3) is 0.367. The SMILES string of the molecule is CCCN(CCC(C(=O)N(C)C)(c1ccccc1)c1ccccc1)[C@@H]1C[C@H]1c1ccc(Cl)cc1. The lowest BCUT2D eigenvalue weighted by atomic mass is 9.70. The van der Waals surface area contributed by atoms with Crippen molar-refractivity contribution in [2.45, 2.75) is 43.6 Å². The van der Waals surface area contributed by atoms with E-state index < -0.39 is 5.41 Å². The van der Waals surface area contributed by atoms with E-state index in [0.29, 0.717) is 12.0 Å². The lowest BCUT2D eigenvalue weighted by molar-refractivity contribution is -0.133. The van der Waals surface area contributed by atoms with Crippen LogP contribution in [0.3, 0.4) is 0 Å². The fourth-order valence-corrected chi connectivity index (χ4v) is 5.46. The third-order valence-corrected chi connectivity index (χ3v) is 7.37. The molecular formula is C30H35ClN2O. The number of carbonyl (C=O) groups excluding carboxylic acids is 1. The van der Waals surface area contributed by atoms with E-state index in [-0.39, 0.29) is 5.91 Å². The molecule has 0 spiro atoms. The van der Waals surface area contributed by atoms with Gasteiger partial charge in [0.1, 0.15) is 5.41 Å². The maximum atomic E-state index is 13.9. The van der Waals surface area contributed by atoms with Gasteiger partial charge in [-0.2, -0.15) is 0 Å². The molecule has 0 aliphatic heterocycles. The van der Waals surface area contributed by atoms with Crippen molar-refractivity contribution in [1.82, 2.24) is 9.80 Å². The summed E-state index contributed by atoms with van der Waals surface area (Å²) in [6.07, 6.45) is 2.99. The van der Waals surface area contributed by atoms with Gasteiger partial charge in [-0.15, -0.1) is 0 Å². The van der Waals surface area contributed by atoms with Crippen molar-refractivity contribution in [3.8, 4) is 0 Å². The molecule has 0 unspecified atom stereocenters. The third-order valence-electron chi connectivity index (χ3n) is 7.11. The quantitative estimate of drug-likeness (QED) is 0.340. The largest absolute Gasteiger partial charge is 0.348 e. The maximum Gasteiger partial charge on any atom is 0.237 e. The van der Waals surface area contributed by atoms with Gasteiger partial charge in [-0.25, -0.2) is 0 Å². The third kappa shape index (κ3) is 5.06. The van der Waals surface area contributed by atoms with Crippen LogP contribution in [0.5, 0.6) is 0 Å². The van der Waals surface area contributed by atoms with Crippen LogP contribution in [0, 0.1) is 0 Å². The first-order chi connectivity index (χ1) is 16.5. The van der Waals surface area contributed by atoms with Crippen LogP contribution >= 0.6 is 11.6 Å². The van der Waals surface area contributed by atoms with Gasteiger partial charge in [0.15, 0.2) is 0 Å². The van der Waals surface area contributed by atoms with Crippen LogP contribution in [0.1, 0.15) is 48.8 Å². The molecule has 4 rings (SSSR count). The number of hydrogen-bond acceptors (Lipinski definition) is 2. The van der Waals surface area contributed by atoms with E-state index in [0.717, 1.165) is 48.5 Å². The van der Waals surface area contributed by atoms with E-state index in [1.165, 1.54) is 5.56 Å². The second-order valence-electron chi connectivity index (χ2n) is 9.58. The number of halogens is 1. The molecule has 0 N–H and O–H groups in total. The van der Waals surface area contributed by atoms with E-state index in [1.54, 1.807) is 4.90 Å². The fourth-order valence-electron chi connectivity index (χ4n) is 5.33. The molecule has 4 heteroatoms. The molecule has 2 atom stereocenters. The Labute approximate surface area is 209 Å². The first-order valence-corrected chi connectivity index (χ1v) is 12.7. The predicted octanol–water partition coefficient (Wildman–Crippen LogP) is 6.37. The maximum absolute atomic E-state index is 13.9. The zero-order valence-corrected chi connectivity index (χ0v) is 21.2. The topological polar surface area (TPSA) is 23.6 Å². The van der Waals surface area contributed by atoms with Crippen molar-refractivity contribution in [3.05, 3.63) is 107 Å². The number of amides is 1. The van der Waals surface area contributed by atoms with Gasteiger partial charge in [0.05, 0.1) is 0 Å². The number of carbonyl (C=O) groups is 1. The van der Waals surface area contributed by atoms with Crippen molar-refractivity contribution < 1.29 is 4.79 Å². The van der Waals surface area contributed by atoms with E-state index in [1.807, 2.05) is 62.6 Å². The Morgan fingerprint density at radius 2 is 1.44 bits per heavy atom. The molecule has 0 radical (unpaired) electrons. The van der Waals surface area contributed by atoms with Crippen molar-refractivity contribution in [2.75, 3.05) is 27.2 Å². The first-order valence-electron chi connectivity index (χ1n) is 12.3. The number of nitrogens with zero attached hydrogens (tertiary/aromatic N) is 2. The zero-order chi connectivity index (χ0) is 24.1. The molecule has 1 amide bonds. The van der Waals surface area contributed by atoms with Gasteiger partial charge in [-0.05, 0) is 54.6 Å². The van der Waals surface area contributed by atoms with Crippen LogP contribution in [0.2, 0.25) is 5.02 Å². The van der Waals surface area contributed by atoms with Crippen molar-refractivity contribution in [2.24, 2.45) is 0 Å². The van der Waals surface area contributed by atoms with Gasteiger partial charge in [0, 0.05) is 37.6 Å². The Bertz CT molecular complexity index is 1030. The van der Waals surface area contributed by atoms with Gasteiger partial charge < -0.3 is 4.90 Å². The minimum Gasteiger partial charge on any atom is -0.348 e. The lowest BCUT2D eigenvalue weighted by Gasteiger charge is -2.38. The summed E-state index contributed by atoms with van der Waals surface area (Å²) in [6, 6.07) is 29.4. The Kier molecular flexibility index (Phi) is 7.75. The molecule has 0 aromatic heterocycles. The van der Waals surface area contributed by atoms with Crippen molar-refractivity contribution in [1.29, 1.82) is 0 Å². The summed E-state index contributed by atoms with van der Waals surface area (Å²) in [5, 5.41) is 0.782. The highest BCUT2D eigenvalue weighted by Crippen LogP contribution is 2.46. The van der Waals surface area contributed by atoms with Gasteiger partial charge in [0.25, 0.3) is 0 Å². The molecule has 178 valence electrons. The molecule has 0 bridgehead atoms. The summed E-state index contributed by atoms with van der Waals surface area (Å²) < 4.78 is 0. The summed E-state index contributed by atoms with van der Waals surface area (Å²) >= 11 is 6.11. The summed E-state index contributed by atoms with van der Waals surface area (Å²) in [4.78, 5) is 18.3. The summed E-state index contributed by atoms with van der Waals surface area (Å²) in [5.41, 5.74) is 2.75. The van der Waals surface area contributed by atoms with E-state index >= 15 is 0 Å². The minimum absolute atomic E-state index is 0.131. The highest BCUT2D eigenvalue weighted by atomic mass is 35.5. The molecule has 3 aromatic carbocycles.